The van der Waals surface area contributed by atoms with Crippen molar-refractivity contribution in [3.8, 4) is 23.3 Å². The van der Waals surface area contributed by atoms with Gasteiger partial charge in [-0.1, -0.05) is 29.5 Å². The van der Waals surface area contributed by atoms with Crippen LogP contribution in [0.3, 0.4) is 0 Å². The molecule has 3 aromatic carbocycles. The summed E-state index contributed by atoms with van der Waals surface area (Å²) in [7, 11) is 0. The standard InChI is InChI=1S/C27H23ClN4O2/c28-19-3-1-4-22(16-19)34-21-10-8-20(9-11-21)32-27-23-15-18(6-12-24(23)30-17-31-27)7-13-26(33)25-5-2-14-29-25/h1,3-4,6,8-12,15-17,25-26,29,33H,2,5,14H2,(H,30,31,32). The summed E-state index contributed by atoms with van der Waals surface area (Å²) in [4.78, 5) is 8.79. The van der Waals surface area contributed by atoms with E-state index < -0.39 is 6.10 Å². The minimum atomic E-state index is -0.685. The van der Waals surface area contributed by atoms with Crippen molar-refractivity contribution < 1.29 is 9.84 Å². The van der Waals surface area contributed by atoms with Gasteiger partial charge in [-0.15, -0.1) is 0 Å². The van der Waals surface area contributed by atoms with Gasteiger partial charge in [0.1, 0.15) is 29.7 Å². The summed E-state index contributed by atoms with van der Waals surface area (Å²) < 4.78 is 5.86. The molecule has 2 unspecified atom stereocenters. The first-order chi connectivity index (χ1) is 16.6. The smallest absolute Gasteiger partial charge is 0.141 e. The van der Waals surface area contributed by atoms with Crippen molar-refractivity contribution in [2.45, 2.75) is 25.0 Å². The van der Waals surface area contributed by atoms with Crippen LogP contribution in [0.4, 0.5) is 11.5 Å². The highest BCUT2D eigenvalue weighted by atomic mass is 35.5. The van der Waals surface area contributed by atoms with Crippen LogP contribution in [-0.2, 0) is 0 Å². The van der Waals surface area contributed by atoms with Gasteiger partial charge in [0.15, 0.2) is 0 Å². The molecule has 4 aromatic rings. The molecule has 1 aliphatic rings. The minimum Gasteiger partial charge on any atom is -0.457 e. The van der Waals surface area contributed by atoms with Gasteiger partial charge in [0.25, 0.3) is 0 Å². The third kappa shape index (κ3) is 5.29. The van der Waals surface area contributed by atoms with Crippen LogP contribution < -0.4 is 15.4 Å². The number of nitrogens with one attached hydrogen (secondary N) is 2. The summed E-state index contributed by atoms with van der Waals surface area (Å²) in [5.41, 5.74) is 2.47. The number of rotatable bonds is 5. The number of anilines is 2. The molecular formula is C27H23ClN4O2. The Morgan fingerprint density at radius 3 is 2.74 bits per heavy atom. The molecule has 0 saturated carbocycles. The number of benzene rings is 3. The number of hydrogen-bond donors (Lipinski definition) is 3. The lowest BCUT2D eigenvalue weighted by Crippen LogP contribution is -2.33. The van der Waals surface area contributed by atoms with Gasteiger partial charge >= 0.3 is 0 Å². The zero-order valence-electron chi connectivity index (χ0n) is 18.3. The molecule has 1 saturated heterocycles. The van der Waals surface area contributed by atoms with Crippen molar-refractivity contribution in [3.63, 3.8) is 0 Å². The van der Waals surface area contributed by atoms with Crippen LogP contribution >= 0.6 is 11.6 Å². The Kier molecular flexibility index (Phi) is 6.59. The molecule has 3 N–H and O–H groups in total. The molecule has 1 aliphatic heterocycles. The highest BCUT2D eigenvalue weighted by molar-refractivity contribution is 6.30. The highest BCUT2D eigenvalue weighted by Gasteiger charge is 2.20. The zero-order chi connectivity index (χ0) is 23.3. The molecule has 1 aromatic heterocycles. The van der Waals surface area contributed by atoms with Gasteiger partial charge in [-0.2, -0.15) is 0 Å². The largest absolute Gasteiger partial charge is 0.457 e. The van der Waals surface area contributed by atoms with Crippen molar-refractivity contribution >= 4 is 34.0 Å². The van der Waals surface area contributed by atoms with Crippen molar-refractivity contribution in [1.29, 1.82) is 0 Å². The van der Waals surface area contributed by atoms with Crippen LogP contribution in [0.15, 0.2) is 73.1 Å². The Hall–Kier alpha value is -3.63. The van der Waals surface area contributed by atoms with Crippen LogP contribution in [-0.4, -0.2) is 33.8 Å². The maximum absolute atomic E-state index is 10.3. The van der Waals surface area contributed by atoms with E-state index in [2.05, 4.69) is 32.4 Å². The van der Waals surface area contributed by atoms with Crippen LogP contribution in [0.1, 0.15) is 18.4 Å². The monoisotopic (exact) mass is 470 g/mol. The summed E-state index contributed by atoms with van der Waals surface area (Å²) in [6, 6.07) is 20.7. The fourth-order valence-electron chi connectivity index (χ4n) is 3.88. The second-order valence-corrected chi connectivity index (χ2v) is 8.52. The van der Waals surface area contributed by atoms with Crippen LogP contribution in [0.25, 0.3) is 10.9 Å². The number of hydrogen-bond acceptors (Lipinski definition) is 6. The number of aromatic nitrogens is 2. The van der Waals surface area contributed by atoms with Crippen molar-refractivity contribution in [1.82, 2.24) is 15.3 Å². The first kappa shape index (κ1) is 22.2. The minimum absolute atomic E-state index is 0.0411. The Balaban J connectivity index is 1.33. The molecule has 34 heavy (non-hydrogen) atoms. The van der Waals surface area contributed by atoms with E-state index in [1.54, 1.807) is 12.1 Å². The number of halogens is 1. The molecule has 0 amide bonds. The van der Waals surface area contributed by atoms with E-state index in [9.17, 15) is 5.11 Å². The van der Waals surface area contributed by atoms with Gasteiger partial charge in [0.05, 0.1) is 5.52 Å². The maximum atomic E-state index is 10.3. The lowest BCUT2D eigenvalue weighted by atomic mass is 10.1. The lowest BCUT2D eigenvalue weighted by Gasteiger charge is -2.12. The summed E-state index contributed by atoms with van der Waals surface area (Å²) >= 11 is 6.02. The molecule has 2 heterocycles. The lowest BCUT2D eigenvalue weighted by molar-refractivity contribution is 0.190. The maximum Gasteiger partial charge on any atom is 0.141 e. The number of fused-ring (bicyclic) bond motifs is 1. The van der Waals surface area contributed by atoms with Gasteiger partial charge < -0.3 is 20.5 Å². The molecule has 170 valence electrons. The number of ether oxygens (including phenoxy) is 1. The molecule has 0 bridgehead atoms. The second-order valence-electron chi connectivity index (χ2n) is 8.08. The molecule has 0 spiro atoms. The van der Waals surface area contributed by atoms with E-state index in [-0.39, 0.29) is 6.04 Å². The summed E-state index contributed by atoms with van der Waals surface area (Å²) in [5.74, 6) is 8.11. The Morgan fingerprint density at radius 1 is 1.06 bits per heavy atom. The Morgan fingerprint density at radius 2 is 1.94 bits per heavy atom. The van der Waals surface area contributed by atoms with Crippen LogP contribution in [0.2, 0.25) is 5.02 Å². The molecule has 0 radical (unpaired) electrons. The number of aliphatic hydroxyl groups excluding tert-OH is 1. The third-order valence-electron chi connectivity index (χ3n) is 5.63. The normalized spacial score (nSPS) is 16.0. The number of nitrogens with zero attached hydrogens (tertiary/aromatic N) is 2. The molecular weight excluding hydrogens is 448 g/mol. The fourth-order valence-corrected chi connectivity index (χ4v) is 4.06. The molecule has 2 atom stereocenters. The Bertz CT molecular complexity index is 1360. The third-order valence-corrected chi connectivity index (χ3v) is 5.86. The van der Waals surface area contributed by atoms with Gasteiger partial charge in [-0.05, 0) is 80.1 Å². The quantitative estimate of drug-likeness (QED) is 0.344. The molecule has 5 rings (SSSR count). The topological polar surface area (TPSA) is 79.3 Å². The summed E-state index contributed by atoms with van der Waals surface area (Å²) in [5, 5.41) is 18.4. The van der Waals surface area contributed by atoms with Crippen molar-refractivity contribution in [2.75, 3.05) is 11.9 Å². The molecule has 7 heteroatoms. The van der Waals surface area contributed by atoms with E-state index in [0.717, 1.165) is 41.5 Å². The Labute approximate surface area is 203 Å². The van der Waals surface area contributed by atoms with Crippen molar-refractivity contribution in [3.05, 3.63) is 83.6 Å². The average Bonchev–Trinajstić information content (AvgIpc) is 3.39. The van der Waals surface area contributed by atoms with Crippen LogP contribution in [0, 0.1) is 11.8 Å². The van der Waals surface area contributed by atoms with E-state index >= 15 is 0 Å². The first-order valence-corrected chi connectivity index (χ1v) is 11.5. The average molecular weight is 471 g/mol. The van der Waals surface area contributed by atoms with E-state index in [1.165, 1.54) is 6.33 Å². The van der Waals surface area contributed by atoms with E-state index in [0.29, 0.717) is 22.3 Å². The van der Waals surface area contributed by atoms with Gasteiger partial charge in [0.2, 0.25) is 0 Å². The number of aliphatic hydroxyl groups is 1. The summed E-state index contributed by atoms with van der Waals surface area (Å²) in [6.07, 6.45) is 2.86. The summed E-state index contributed by atoms with van der Waals surface area (Å²) in [6.45, 7) is 0.930. The van der Waals surface area contributed by atoms with E-state index in [4.69, 9.17) is 16.3 Å². The first-order valence-electron chi connectivity index (χ1n) is 11.1. The molecule has 0 aliphatic carbocycles. The highest BCUT2D eigenvalue weighted by Crippen LogP contribution is 2.28. The zero-order valence-corrected chi connectivity index (χ0v) is 19.1. The second kappa shape index (κ2) is 10.1. The van der Waals surface area contributed by atoms with Gasteiger partial charge in [-0.3, -0.25) is 0 Å². The van der Waals surface area contributed by atoms with Crippen LogP contribution in [0.5, 0.6) is 11.5 Å². The van der Waals surface area contributed by atoms with Gasteiger partial charge in [-0.25, -0.2) is 9.97 Å². The van der Waals surface area contributed by atoms with E-state index in [1.807, 2.05) is 54.6 Å². The SMILES string of the molecule is OC(C#Cc1ccc2ncnc(Nc3ccc(Oc4cccc(Cl)c4)cc3)c2c1)C1CCCN1. The molecule has 6 nitrogen and oxygen atoms in total. The fraction of sp³-hybridized carbons (Fsp3) is 0.185. The predicted molar refractivity (Wildman–Crippen MR) is 135 cm³/mol. The molecule has 1 fully saturated rings. The van der Waals surface area contributed by atoms with Gasteiger partial charge in [0, 0.05) is 27.7 Å². The van der Waals surface area contributed by atoms with Crippen molar-refractivity contribution in [2.24, 2.45) is 0 Å². The predicted octanol–water partition coefficient (Wildman–Crippen LogP) is 5.28.